The van der Waals surface area contributed by atoms with Gasteiger partial charge in [0.15, 0.2) is 0 Å². The average Bonchev–Trinajstić information content (AvgIpc) is 3.20. The van der Waals surface area contributed by atoms with E-state index in [1.54, 1.807) is 25.6 Å². The number of aliphatic carboxylic acids is 6. The average molecular weight is 1030 g/mol. The number of carbonyl (C=O) groups is 7. The standard InChI is InChI=1S/C8H13NO3.C8H15NO3.C8H15NO2S.C8H15NO2.C7H13NO3.C7H13NO2S/c1-5(2)3-6(10)4-7(9)8(11)12;2*1-6(2)5-12-4-3-7(9)8(10)11;1-6(2)4-3-5-7(9)8(10)11;2*1-5(2)3-11-4-6(8)7(9)10/h7H,1,3-4,9H2,2H3,(H,11,12);2*7H,1,3-5,9H2,2H3,(H,10,11);7H,1,3-5,9H2,2H3,(H,10,11);2*6H,1,3-4,8H2,2H3,(H,9,10). The number of ketones is 1. The van der Waals surface area contributed by atoms with Gasteiger partial charge < -0.3 is 74.5 Å². The zero-order valence-corrected chi connectivity index (χ0v) is 43.1. The van der Waals surface area contributed by atoms with Crippen molar-refractivity contribution in [2.45, 2.75) is 123 Å². The number of nitrogens with two attached hydrogens (primary N) is 6. The maximum absolute atomic E-state index is 11.0. The zero-order chi connectivity index (χ0) is 55.4. The third kappa shape index (κ3) is 67.7. The van der Waals surface area contributed by atoms with E-state index >= 15 is 0 Å². The lowest BCUT2D eigenvalue weighted by Gasteiger charge is -2.06. The van der Waals surface area contributed by atoms with Crippen LogP contribution in [0.2, 0.25) is 0 Å². The molecule has 0 radical (unpaired) electrons. The molecule has 69 heavy (non-hydrogen) atoms. The monoisotopic (exact) mass is 1020 g/mol. The number of thioether (sulfide) groups is 2. The van der Waals surface area contributed by atoms with Crippen molar-refractivity contribution < 1.29 is 73.7 Å². The predicted octanol–water partition coefficient (Wildman–Crippen LogP) is 3.65. The summed E-state index contributed by atoms with van der Waals surface area (Å²) in [6.45, 7) is 34.2. The fourth-order valence-corrected chi connectivity index (χ4v) is 5.29. The Kier molecular flexibility index (Phi) is 53.1. The molecule has 0 bridgehead atoms. The summed E-state index contributed by atoms with van der Waals surface area (Å²) in [7, 11) is 0. The van der Waals surface area contributed by atoms with Crippen LogP contribution in [0.25, 0.3) is 0 Å². The minimum atomic E-state index is -1.15. The normalized spacial score (nSPS) is 12.5. The van der Waals surface area contributed by atoms with Crippen LogP contribution < -0.4 is 34.4 Å². The highest BCUT2D eigenvalue weighted by atomic mass is 32.2. The van der Waals surface area contributed by atoms with Crippen LogP contribution in [0.1, 0.15) is 86.5 Å². The van der Waals surface area contributed by atoms with Crippen molar-refractivity contribution in [2.75, 3.05) is 49.4 Å². The molecule has 0 saturated carbocycles. The molecule has 0 aliphatic rings. The van der Waals surface area contributed by atoms with E-state index in [4.69, 9.17) is 74.5 Å². The van der Waals surface area contributed by atoms with Crippen molar-refractivity contribution in [1.82, 2.24) is 0 Å². The molecule has 0 aliphatic carbocycles. The first kappa shape index (κ1) is 75.8. The van der Waals surface area contributed by atoms with E-state index in [0.29, 0.717) is 44.8 Å². The highest BCUT2D eigenvalue weighted by Gasteiger charge is 2.16. The molecule has 0 saturated heterocycles. The van der Waals surface area contributed by atoms with Crippen molar-refractivity contribution in [2.24, 2.45) is 34.4 Å². The number of carboxylic acid groups (broad SMARTS) is 6. The van der Waals surface area contributed by atoms with Crippen molar-refractivity contribution >= 4 is 65.1 Å². The van der Waals surface area contributed by atoms with Gasteiger partial charge in [0.05, 0.1) is 19.8 Å². The maximum Gasteiger partial charge on any atom is 0.322 e. The number of rotatable bonds is 32. The molecule has 0 aliphatic heterocycles. The second kappa shape index (κ2) is 48.3. The Morgan fingerprint density at radius 2 is 0.855 bits per heavy atom. The molecule has 0 rings (SSSR count). The van der Waals surface area contributed by atoms with Crippen LogP contribution in [-0.4, -0.2) is 158 Å². The topological polar surface area (TPSA) is 415 Å². The van der Waals surface area contributed by atoms with Crippen LogP contribution >= 0.6 is 23.5 Å². The summed E-state index contributed by atoms with van der Waals surface area (Å²) in [5.41, 5.74) is 37.0. The Bertz CT molecular complexity index is 1490. The second-order valence-electron chi connectivity index (χ2n) is 15.9. The molecule has 0 aromatic rings. The Labute approximate surface area is 416 Å². The van der Waals surface area contributed by atoms with Gasteiger partial charge in [-0.15, -0.1) is 6.58 Å². The number of allylic oxidation sites excluding steroid dienone is 2. The SMILES string of the molecule is C=C(C)CC(=O)CC(N)C(=O)O.C=C(C)CCCC(N)C(=O)O.C=C(C)COCC(N)C(=O)O.C=C(C)COCCC(N)C(=O)O.C=C(C)CSCC(N)C(=O)O.C=C(C)CSCCC(N)C(=O)O. The number of hydrogen-bond donors (Lipinski definition) is 12. The van der Waals surface area contributed by atoms with E-state index in [1.165, 1.54) is 11.8 Å². The molecule has 6 atom stereocenters. The summed E-state index contributed by atoms with van der Waals surface area (Å²) in [6.07, 6.45) is 3.14. The molecule has 0 aromatic carbocycles. The Morgan fingerprint density at radius 3 is 1.23 bits per heavy atom. The minimum absolute atomic E-state index is 0.0300. The minimum Gasteiger partial charge on any atom is -0.480 e. The summed E-state index contributed by atoms with van der Waals surface area (Å²) in [6, 6.07) is -5.03. The molecule has 0 amide bonds. The van der Waals surface area contributed by atoms with E-state index in [1.807, 2.05) is 27.7 Å². The first-order valence-corrected chi connectivity index (χ1v) is 23.5. The van der Waals surface area contributed by atoms with E-state index in [9.17, 15) is 33.6 Å². The van der Waals surface area contributed by atoms with E-state index in [2.05, 4.69) is 39.5 Å². The third-order valence-corrected chi connectivity index (χ3v) is 9.62. The van der Waals surface area contributed by atoms with Gasteiger partial charge in [-0.2, -0.15) is 23.5 Å². The van der Waals surface area contributed by atoms with Gasteiger partial charge in [-0.3, -0.25) is 33.6 Å². The highest BCUT2D eigenvalue weighted by Crippen LogP contribution is 2.09. The lowest BCUT2D eigenvalue weighted by Crippen LogP contribution is -2.35. The molecule has 0 fully saturated rings. The molecule has 21 nitrogen and oxygen atoms in total. The third-order valence-electron chi connectivity index (χ3n) is 7.10. The van der Waals surface area contributed by atoms with Crippen LogP contribution in [0.15, 0.2) is 72.9 Å². The number of carbonyl (C=O) groups excluding carboxylic acids is 1. The molecule has 23 heteroatoms. The predicted molar refractivity (Wildman–Crippen MR) is 276 cm³/mol. The molecule has 0 spiro atoms. The van der Waals surface area contributed by atoms with Crippen LogP contribution in [-0.2, 0) is 43.0 Å². The maximum atomic E-state index is 11.0. The van der Waals surface area contributed by atoms with Crippen molar-refractivity contribution in [3.8, 4) is 0 Å². The van der Waals surface area contributed by atoms with Crippen LogP contribution in [0.3, 0.4) is 0 Å². The first-order valence-electron chi connectivity index (χ1n) is 21.2. The summed E-state index contributed by atoms with van der Waals surface area (Å²) >= 11 is 3.16. The molecular formula is C46H84N6O15S2. The molecule has 6 unspecified atom stereocenters. The van der Waals surface area contributed by atoms with Gasteiger partial charge in [0, 0.05) is 36.7 Å². The lowest BCUT2D eigenvalue weighted by atomic mass is 10.1. The van der Waals surface area contributed by atoms with Crippen molar-refractivity contribution in [3.63, 3.8) is 0 Å². The number of Topliss-reactive ketones (excluding diaryl/α,β-unsaturated/α-hetero) is 1. The largest absolute Gasteiger partial charge is 0.480 e. The number of carboxylic acids is 6. The molecular weight excluding hydrogens is 941 g/mol. The van der Waals surface area contributed by atoms with Gasteiger partial charge in [0.1, 0.15) is 42.0 Å². The van der Waals surface area contributed by atoms with Gasteiger partial charge in [-0.05, 0) is 79.4 Å². The first-order chi connectivity index (χ1) is 31.6. The highest BCUT2D eigenvalue weighted by molar-refractivity contribution is 7.99. The molecule has 400 valence electrons. The van der Waals surface area contributed by atoms with Crippen molar-refractivity contribution in [1.29, 1.82) is 0 Å². The smallest absolute Gasteiger partial charge is 0.322 e. The van der Waals surface area contributed by atoms with Gasteiger partial charge in [-0.1, -0.05) is 66.3 Å². The van der Waals surface area contributed by atoms with Crippen molar-refractivity contribution in [3.05, 3.63) is 72.9 Å². The van der Waals surface area contributed by atoms with E-state index in [0.717, 1.165) is 63.5 Å². The second-order valence-corrected chi connectivity index (χ2v) is 18.1. The molecule has 0 heterocycles. The van der Waals surface area contributed by atoms with Gasteiger partial charge in [0.25, 0.3) is 0 Å². The Hall–Kier alpha value is -4.69. The fourth-order valence-electron chi connectivity index (χ4n) is 3.51. The Morgan fingerprint density at radius 1 is 0.464 bits per heavy atom. The van der Waals surface area contributed by atoms with E-state index < -0.39 is 72.1 Å². The van der Waals surface area contributed by atoms with Gasteiger partial charge in [-0.25, -0.2) is 0 Å². The summed E-state index contributed by atoms with van der Waals surface area (Å²) in [5, 5.41) is 50.3. The fraction of sp³-hybridized carbons (Fsp3) is 0.587. The Balaban J connectivity index is -0.000000173. The van der Waals surface area contributed by atoms with Crippen LogP contribution in [0, 0.1) is 0 Å². The molecule has 0 aromatic heterocycles. The summed E-state index contributed by atoms with van der Waals surface area (Å²) in [5.74, 6) is -3.28. The van der Waals surface area contributed by atoms with Gasteiger partial charge in [0.2, 0.25) is 0 Å². The lowest BCUT2D eigenvalue weighted by molar-refractivity contribution is -0.140. The van der Waals surface area contributed by atoms with E-state index in [-0.39, 0.29) is 25.2 Å². The zero-order valence-electron chi connectivity index (χ0n) is 41.5. The quantitative estimate of drug-likeness (QED) is 0.0338. The number of hydrogen-bond acceptors (Lipinski definition) is 17. The van der Waals surface area contributed by atoms with Crippen LogP contribution in [0.4, 0.5) is 0 Å². The summed E-state index contributed by atoms with van der Waals surface area (Å²) in [4.78, 5) is 72.3. The summed E-state index contributed by atoms with van der Waals surface area (Å²) < 4.78 is 9.99. The van der Waals surface area contributed by atoms with Gasteiger partial charge >= 0.3 is 35.8 Å². The number of ether oxygens (including phenoxy) is 2. The van der Waals surface area contributed by atoms with Crippen LogP contribution in [0.5, 0.6) is 0 Å². The molecule has 18 N–H and O–H groups in total.